The third kappa shape index (κ3) is 5.76. The van der Waals surface area contributed by atoms with Gasteiger partial charge in [0.05, 0.1) is 30.8 Å². The summed E-state index contributed by atoms with van der Waals surface area (Å²) in [5, 5.41) is 3.13. The number of imidazole rings is 1. The summed E-state index contributed by atoms with van der Waals surface area (Å²) in [4.78, 5) is 17.5. The van der Waals surface area contributed by atoms with E-state index in [2.05, 4.69) is 16.0 Å². The second-order valence-electron chi connectivity index (χ2n) is 8.24. The van der Waals surface area contributed by atoms with Crippen molar-refractivity contribution in [1.29, 1.82) is 0 Å². The molecule has 176 valence electrons. The molecule has 6 nitrogen and oxygen atoms in total. The van der Waals surface area contributed by atoms with E-state index in [-0.39, 0.29) is 11.9 Å². The third-order valence-corrected chi connectivity index (χ3v) is 5.79. The van der Waals surface area contributed by atoms with Crippen LogP contribution in [0.3, 0.4) is 0 Å². The van der Waals surface area contributed by atoms with E-state index in [1.54, 1.807) is 7.11 Å². The molecule has 1 atom stereocenters. The van der Waals surface area contributed by atoms with E-state index in [1.807, 2.05) is 79.7 Å². The lowest BCUT2D eigenvalue weighted by Gasteiger charge is -2.17. The lowest BCUT2D eigenvalue weighted by molar-refractivity contribution is -0.121. The van der Waals surface area contributed by atoms with Gasteiger partial charge in [-0.05, 0) is 49.6 Å². The van der Waals surface area contributed by atoms with E-state index in [0.717, 1.165) is 53.3 Å². The molecule has 0 saturated carbocycles. The number of aromatic nitrogens is 2. The first kappa shape index (κ1) is 23.4. The lowest BCUT2D eigenvalue weighted by atomic mass is 10.1. The van der Waals surface area contributed by atoms with Crippen LogP contribution < -0.4 is 14.8 Å². The molecule has 0 aliphatic carbocycles. The van der Waals surface area contributed by atoms with Crippen LogP contribution in [-0.4, -0.2) is 29.2 Å². The summed E-state index contributed by atoms with van der Waals surface area (Å²) in [6.45, 7) is 3.27. The van der Waals surface area contributed by atoms with E-state index in [0.29, 0.717) is 13.0 Å². The fraction of sp³-hybridized carbons (Fsp3) is 0.286. The molecule has 3 aromatic carbocycles. The number of benzene rings is 3. The number of aryl methyl sites for hydroxylation is 2. The minimum absolute atomic E-state index is 0.0227. The van der Waals surface area contributed by atoms with Crippen LogP contribution in [0.1, 0.15) is 37.2 Å². The fourth-order valence-corrected chi connectivity index (χ4v) is 4.08. The Kier molecular flexibility index (Phi) is 7.81. The molecule has 1 heterocycles. The SMILES string of the molecule is COc1ccccc1OCCCn1c(C(C)NC(=O)CCc2ccccc2)nc2ccccc21. The topological polar surface area (TPSA) is 65.4 Å². The first-order valence-corrected chi connectivity index (χ1v) is 11.7. The van der Waals surface area contributed by atoms with Crippen LogP contribution in [0.2, 0.25) is 0 Å². The number of carbonyl (C=O) groups excluding carboxylic acids is 1. The van der Waals surface area contributed by atoms with Gasteiger partial charge in [0.15, 0.2) is 11.5 Å². The molecular formula is C28H31N3O3. The van der Waals surface area contributed by atoms with Crippen LogP contribution in [0.25, 0.3) is 11.0 Å². The number of nitrogens with zero attached hydrogens (tertiary/aromatic N) is 2. The zero-order chi connectivity index (χ0) is 23.8. The Balaban J connectivity index is 1.40. The predicted octanol–water partition coefficient (Wildman–Crippen LogP) is 5.32. The van der Waals surface area contributed by atoms with Crippen molar-refractivity contribution in [2.75, 3.05) is 13.7 Å². The van der Waals surface area contributed by atoms with Gasteiger partial charge in [-0.3, -0.25) is 4.79 Å². The van der Waals surface area contributed by atoms with E-state index in [1.165, 1.54) is 0 Å². The second kappa shape index (κ2) is 11.4. The van der Waals surface area contributed by atoms with Gasteiger partial charge in [-0.15, -0.1) is 0 Å². The molecule has 6 heteroatoms. The highest BCUT2D eigenvalue weighted by Gasteiger charge is 2.18. The standard InChI is InChI=1S/C28H31N3O3/c1-21(29-27(32)18-17-22-11-4-3-5-12-22)28-30-23-13-6-7-14-24(23)31(28)19-10-20-34-26-16-9-8-15-25(26)33-2/h3-9,11-16,21H,10,17-20H2,1-2H3,(H,29,32). The molecule has 0 saturated heterocycles. The highest BCUT2D eigenvalue weighted by molar-refractivity contribution is 5.78. The summed E-state index contributed by atoms with van der Waals surface area (Å²) in [5.74, 6) is 2.34. The summed E-state index contributed by atoms with van der Waals surface area (Å²) in [5.41, 5.74) is 3.14. The second-order valence-corrected chi connectivity index (χ2v) is 8.24. The van der Waals surface area contributed by atoms with Gasteiger partial charge >= 0.3 is 0 Å². The van der Waals surface area contributed by atoms with Gasteiger partial charge in [-0.2, -0.15) is 0 Å². The Hall–Kier alpha value is -3.80. The predicted molar refractivity (Wildman–Crippen MR) is 134 cm³/mol. The number of hydrogen-bond acceptors (Lipinski definition) is 4. The number of methoxy groups -OCH3 is 1. The molecule has 0 radical (unpaired) electrons. The molecule has 1 unspecified atom stereocenters. The molecule has 0 spiro atoms. The van der Waals surface area contributed by atoms with Crippen molar-refractivity contribution in [1.82, 2.24) is 14.9 Å². The van der Waals surface area contributed by atoms with Crippen molar-refractivity contribution in [2.45, 2.75) is 38.8 Å². The summed E-state index contributed by atoms with van der Waals surface area (Å²) in [6, 6.07) is 25.6. The molecule has 0 aliphatic heterocycles. The molecule has 0 bridgehead atoms. The molecule has 1 amide bonds. The van der Waals surface area contributed by atoms with Crippen molar-refractivity contribution in [3.05, 3.63) is 90.3 Å². The Morgan fingerprint density at radius 1 is 0.971 bits per heavy atom. The Morgan fingerprint density at radius 2 is 1.68 bits per heavy atom. The Morgan fingerprint density at radius 3 is 2.47 bits per heavy atom. The van der Waals surface area contributed by atoms with Crippen LogP contribution >= 0.6 is 0 Å². The number of ether oxygens (including phenoxy) is 2. The summed E-state index contributed by atoms with van der Waals surface area (Å²) >= 11 is 0. The lowest BCUT2D eigenvalue weighted by Crippen LogP contribution is -2.29. The maximum absolute atomic E-state index is 12.6. The number of amides is 1. The maximum Gasteiger partial charge on any atom is 0.220 e. The van der Waals surface area contributed by atoms with E-state index >= 15 is 0 Å². The van der Waals surface area contributed by atoms with Gasteiger partial charge in [0.25, 0.3) is 0 Å². The zero-order valence-corrected chi connectivity index (χ0v) is 19.7. The minimum atomic E-state index is -0.203. The molecule has 0 fully saturated rings. The molecule has 1 N–H and O–H groups in total. The number of rotatable bonds is 11. The smallest absolute Gasteiger partial charge is 0.220 e. The quantitative estimate of drug-likeness (QED) is 0.310. The van der Waals surface area contributed by atoms with Crippen molar-refractivity contribution in [2.24, 2.45) is 0 Å². The molecule has 0 aliphatic rings. The average molecular weight is 458 g/mol. The number of para-hydroxylation sites is 4. The highest BCUT2D eigenvalue weighted by atomic mass is 16.5. The summed E-state index contributed by atoms with van der Waals surface area (Å²) < 4.78 is 13.5. The van der Waals surface area contributed by atoms with E-state index in [9.17, 15) is 4.79 Å². The minimum Gasteiger partial charge on any atom is -0.493 e. The van der Waals surface area contributed by atoms with E-state index in [4.69, 9.17) is 14.5 Å². The van der Waals surface area contributed by atoms with Crippen LogP contribution in [0.4, 0.5) is 0 Å². The molecule has 4 rings (SSSR count). The highest BCUT2D eigenvalue weighted by Crippen LogP contribution is 2.26. The van der Waals surface area contributed by atoms with Crippen LogP contribution in [0.15, 0.2) is 78.9 Å². The van der Waals surface area contributed by atoms with Gasteiger partial charge < -0.3 is 19.4 Å². The zero-order valence-electron chi connectivity index (χ0n) is 19.7. The van der Waals surface area contributed by atoms with Crippen molar-refractivity contribution in [3.8, 4) is 11.5 Å². The number of nitrogens with one attached hydrogen (secondary N) is 1. The Bertz CT molecular complexity index is 1220. The van der Waals surface area contributed by atoms with Crippen LogP contribution in [0, 0.1) is 0 Å². The molecular weight excluding hydrogens is 426 g/mol. The van der Waals surface area contributed by atoms with Gasteiger partial charge in [-0.25, -0.2) is 4.98 Å². The summed E-state index contributed by atoms with van der Waals surface area (Å²) in [7, 11) is 1.64. The van der Waals surface area contributed by atoms with Crippen LogP contribution in [-0.2, 0) is 17.8 Å². The van der Waals surface area contributed by atoms with E-state index < -0.39 is 0 Å². The first-order chi connectivity index (χ1) is 16.7. The molecule has 34 heavy (non-hydrogen) atoms. The number of carbonyl (C=O) groups is 1. The number of hydrogen-bond donors (Lipinski definition) is 1. The van der Waals surface area contributed by atoms with Crippen molar-refractivity contribution >= 4 is 16.9 Å². The number of fused-ring (bicyclic) bond motifs is 1. The Labute approximate surface area is 200 Å². The summed E-state index contributed by atoms with van der Waals surface area (Å²) in [6.07, 6.45) is 1.96. The normalized spacial score (nSPS) is 11.8. The first-order valence-electron chi connectivity index (χ1n) is 11.7. The molecule has 4 aromatic rings. The van der Waals surface area contributed by atoms with Gasteiger partial charge in [-0.1, -0.05) is 54.6 Å². The van der Waals surface area contributed by atoms with Crippen LogP contribution in [0.5, 0.6) is 11.5 Å². The van der Waals surface area contributed by atoms with Crippen molar-refractivity contribution < 1.29 is 14.3 Å². The maximum atomic E-state index is 12.6. The van der Waals surface area contributed by atoms with Gasteiger partial charge in [0.1, 0.15) is 5.82 Å². The fourth-order valence-electron chi connectivity index (χ4n) is 4.08. The van der Waals surface area contributed by atoms with Gasteiger partial charge in [0.2, 0.25) is 5.91 Å². The van der Waals surface area contributed by atoms with Gasteiger partial charge in [0, 0.05) is 13.0 Å². The van der Waals surface area contributed by atoms with Crippen molar-refractivity contribution in [3.63, 3.8) is 0 Å². The molecule has 1 aromatic heterocycles. The monoisotopic (exact) mass is 457 g/mol. The third-order valence-electron chi connectivity index (χ3n) is 5.79. The largest absolute Gasteiger partial charge is 0.493 e. The average Bonchev–Trinajstić information content (AvgIpc) is 3.25.